The van der Waals surface area contributed by atoms with Crippen LogP contribution < -0.4 is 5.69 Å². The van der Waals surface area contributed by atoms with E-state index in [1.807, 2.05) is 0 Å². The number of sulfone groups is 1. The number of aliphatic hydroxyl groups excluding tert-OH is 1. The molecule has 0 aliphatic heterocycles. The predicted molar refractivity (Wildman–Crippen MR) is 70.1 cm³/mol. The second-order valence-corrected chi connectivity index (χ2v) is 6.35. The highest BCUT2D eigenvalue weighted by Crippen LogP contribution is 2.19. The lowest BCUT2D eigenvalue weighted by molar-refractivity contribution is 0.271. The number of nitrogens with one attached hydrogen (secondary N) is 1. The second-order valence-electron chi connectivity index (χ2n) is 4.34. The highest BCUT2D eigenvalue weighted by atomic mass is 32.2. The van der Waals surface area contributed by atoms with Crippen molar-refractivity contribution < 1.29 is 13.5 Å². The zero-order valence-corrected chi connectivity index (χ0v) is 11.2. The molecule has 0 unspecified atom stereocenters. The zero-order chi connectivity index (χ0) is 14.5. The van der Waals surface area contributed by atoms with E-state index in [9.17, 15) is 13.2 Å². The van der Waals surface area contributed by atoms with Crippen LogP contribution in [0.15, 0.2) is 27.9 Å². The minimum absolute atomic E-state index is 0.118. The van der Waals surface area contributed by atoms with Gasteiger partial charge < -0.3 is 10.1 Å². The Balaban J connectivity index is 2.49. The highest BCUT2D eigenvalue weighted by Gasteiger charge is 2.13. The van der Waals surface area contributed by atoms with Gasteiger partial charge in [-0.3, -0.25) is 0 Å². The van der Waals surface area contributed by atoms with Gasteiger partial charge in [-0.25, -0.2) is 13.2 Å². The van der Waals surface area contributed by atoms with E-state index >= 15 is 0 Å². The number of aromatic amines is 1. The van der Waals surface area contributed by atoms with Gasteiger partial charge in [-0.1, -0.05) is 0 Å². The van der Waals surface area contributed by atoms with Crippen molar-refractivity contribution in [3.8, 4) is 0 Å². The van der Waals surface area contributed by atoms with Crippen LogP contribution in [0.2, 0.25) is 0 Å². The van der Waals surface area contributed by atoms with Gasteiger partial charge in [0, 0.05) is 11.6 Å². The fraction of sp³-hybridized carbons (Fsp3) is 0.182. The van der Waals surface area contributed by atoms with Crippen LogP contribution in [0, 0.1) is 0 Å². The van der Waals surface area contributed by atoms with Crippen molar-refractivity contribution in [3.63, 3.8) is 0 Å². The zero-order valence-electron chi connectivity index (χ0n) is 10.4. The molecule has 0 saturated heterocycles. The Hall–Kier alpha value is -2.26. The summed E-state index contributed by atoms with van der Waals surface area (Å²) in [7, 11) is -3.37. The molecular weight excluding hydrogens is 284 g/mol. The largest absolute Gasteiger partial charge is 0.388 e. The van der Waals surface area contributed by atoms with Crippen molar-refractivity contribution in [3.05, 3.63) is 34.5 Å². The van der Waals surface area contributed by atoms with Gasteiger partial charge in [0.15, 0.2) is 15.7 Å². The number of aliphatic hydroxyl groups is 1. The summed E-state index contributed by atoms with van der Waals surface area (Å²) >= 11 is 0. The average molecular weight is 294 g/mol. The van der Waals surface area contributed by atoms with Crippen molar-refractivity contribution in [1.29, 1.82) is 0 Å². The van der Waals surface area contributed by atoms with Crippen LogP contribution in [0.4, 0.5) is 0 Å². The third-order valence-corrected chi connectivity index (χ3v) is 4.00. The number of H-pyrrole nitrogens is 1. The van der Waals surface area contributed by atoms with E-state index in [-0.39, 0.29) is 17.3 Å². The summed E-state index contributed by atoms with van der Waals surface area (Å²) in [6.45, 7) is -0.367. The summed E-state index contributed by atoms with van der Waals surface area (Å²) in [6.07, 6.45) is 1.10. The topological polar surface area (TPSA) is 117 Å². The molecule has 0 aliphatic carbocycles. The van der Waals surface area contributed by atoms with Gasteiger partial charge in [0.25, 0.3) is 0 Å². The fourth-order valence-corrected chi connectivity index (χ4v) is 2.61. The summed E-state index contributed by atoms with van der Waals surface area (Å²) in [5.41, 5.74) is 0.0562. The lowest BCUT2D eigenvalue weighted by atomic mass is 10.2. The maximum absolute atomic E-state index is 11.8. The number of rotatable bonds is 2. The van der Waals surface area contributed by atoms with Crippen LogP contribution in [0.25, 0.3) is 16.6 Å². The van der Waals surface area contributed by atoms with Crippen molar-refractivity contribution in [2.24, 2.45) is 0 Å². The molecule has 20 heavy (non-hydrogen) atoms. The summed E-state index contributed by atoms with van der Waals surface area (Å²) in [5, 5.41) is 13.4. The first-order chi connectivity index (χ1) is 9.40. The maximum Gasteiger partial charge on any atom is 0.370 e. The fourth-order valence-electron chi connectivity index (χ4n) is 1.96. The van der Waals surface area contributed by atoms with Crippen LogP contribution in [0.1, 0.15) is 5.82 Å². The number of nitrogens with zero attached hydrogens (tertiary/aromatic N) is 3. The lowest BCUT2D eigenvalue weighted by Crippen LogP contribution is -2.17. The second kappa shape index (κ2) is 4.12. The Labute approximate surface area is 112 Å². The average Bonchev–Trinajstić information content (AvgIpc) is 2.82. The van der Waals surface area contributed by atoms with Gasteiger partial charge in [-0.05, 0) is 18.2 Å². The van der Waals surface area contributed by atoms with Gasteiger partial charge in [-0.2, -0.15) is 9.50 Å². The molecule has 3 rings (SSSR count). The molecule has 0 saturated carbocycles. The summed E-state index contributed by atoms with van der Waals surface area (Å²) in [4.78, 5) is 18.5. The van der Waals surface area contributed by atoms with Crippen molar-refractivity contribution in [2.45, 2.75) is 11.5 Å². The molecule has 0 spiro atoms. The minimum atomic E-state index is -3.37. The molecule has 0 bridgehead atoms. The summed E-state index contributed by atoms with van der Waals surface area (Å²) in [6, 6.07) is 4.28. The molecule has 0 amide bonds. The molecule has 104 valence electrons. The summed E-state index contributed by atoms with van der Waals surface area (Å²) < 4.78 is 24.2. The molecule has 0 radical (unpaired) electrons. The smallest absolute Gasteiger partial charge is 0.370 e. The van der Waals surface area contributed by atoms with Crippen LogP contribution in [-0.4, -0.2) is 39.4 Å². The van der Waals surface area contributed by atoms with Gasteiger partial charge in [-0.15, -0.1) is 5.10 Å². The third kappa shape index (κ3) is 1.87. The SMILES string of the molecule is CS(=O)(=O)c1ccc2nc(=O)n3nc(CO)[nH]c3c2c1. The Morgan fingerprint density at radius 1 is 1.40 bits per heavy atom. The molecule has 8 nitrogen and oxygen atoms in total. The molecule has 9 heteroatoms. The number of fused-ring (bicyclic) bond motifs is 3. The van der Waals surface area contributed by atoms with Gasteiger partial charge in [0.05, 0.1) is 10.4 Å². The first-order valence-electron chi connectivity index (χ1n) is 5.63. The Kier molecular flexibility index (Phi) is 2.63. The van der Waals surface area contributed by atoms with Crippen LogP contribution in [-0.2, 0) is 16.4 Å². The van der Waals surface area contributed by atoms with Gasteiger partial charge >= 0.3 is 5.69 Å². The summed E-state index contributed by atoms with van der Waals surface area (Å²) in [5.74, 6) is 0.196. The van der Waals surface area contributed by atoms with E-state index in [4.69, 9.17) is 5.11 Å². The number of hydrogen-bond acceptors (Lipinski definition) is 6. The van der Waals surface area contributed by atoms with E-state index in [2.05, 4.69) is 15.1 Å². The molecule has 1 aromatic carbocycles. The first-order valence-corrected chi connectivity index (χ1v) is 7.52. The van der Waals surface area contributed by atoms with Crippen LogP contribution >= 0.6 is 0 Å². The molecule has 3 aromatic rings. The highest BCUT2D eigenvalue weighted by molar-refractivity contribution is 7.90. The normalized spacial score (nSPS) is 12.3. The quantitative estimate of drug-likeness (QED) is 0.656. The molecule has 2 heterocycles. The number of benzene rings is 1. The molecule has 2 aromatic heterocycles. The maximum atomic E-state index is 11.8. The Morgan fingerprint density at radius 3 is 2.80 bits per heavy atom. The van der Waals surface area contributed by atoms with E-state index in [1.54, 1.807) is 0 Å². The minimum Gasteiger partial charge on any atom is -0.388 e. The van der Waals surface area contributed by atoms with Crippen LogP contribution in [0.5, 0.6) is 0 Å². The van der Waals surface area contributed by atoms with Crippen molar-refractivity contribution >= 4 is 26.4 Å². The van der Waals surface area contributed by atoms with Gasteiger partial charge in [0.1, 0.15) is 12.3 Å². The molecule has 0 fully saturated rings. The van der Waals surface area contributed by atoms with E-state index in [0.717, 1.165) is 10.8 Å². The van der Waals surface area contributed by atoms with E-state index < -0.39 is 15.5 Å². The van der Waals surface area contributed by atoms with E-state index in [0.29, 0.717) is 16.6 Å². The Bertz CT molecular complexity index is 987. The predicted octanol–water partition coefficient (Wildman–Crippen LogP) is -0.533. The lowest BCUT2D eigenvalue weighted by Gasteiger charge is -2.01. The number of hydrogen-bond donors (Lipinski definition) is 2. The van der Waals surface area contributed by atoms with Crippen molar-refractivity contribution in [1.82, 2.24) is 19.6 Å². The molecule has 0 atom stereocenters. The molecule has 2 N–H and O–H groups in total. The van der Waals surface area contributed by atoms with E-state index in [1.165, 1.54) is 18.2 Å². The van der Waals surface area contributed by atoms with Gasteiger partial charge in [0.2, 0.25) is 0 Å². The molecule has 0 aliphatic rings. The monoisotopic (exact) mass is 294 g/mol. The first kappa shape index (κ1) is 12.8. The third-order valence-electron chi connectivity index (χ3n) is 2.89. The van der Waals surface area contributed by atoms with Crippen molar-refractivity contribution in [2.75, 3.05) is 6.26 Å². The van der Waals surface area contributed by atoms with Crippen LogP contribution in [0.3, 0.4) is 0 Å². The Morgan fingerprint density at radius 2 is 2.15 bits per heavy atom. The standard InChI is InChI=1S/C11H10N4O4S/c1-20(18,19)6-2-3-8-7(4-6)10-13-9(5-16)14-15(10)11(17)12-8/h2-4,16H,5H2,1H3,(H,13,14). The number of aromatic nitrogens is 4. The molecular formula is C11H10N4O4S.